The summed E-state index contributed by atoms with van der Waals surface area (Å²) in [6.07, 6.45) is -2.35. The number of amides is 1. The van der Waals surface area contributed by atoms with Crippen molar-refractivity contribution in [1.29, 1.82) is 0 Å². The molecule has 0 unspecified atom stereocenters. The van der Waals surface area contributed by atoms with Gasteiger partial charge in [0, 0.05) is 32.1 Å². The van der Waals surface area contributed by atoms with Gasteiger partial charge in [0.2, 0.25) is 5.91 Å². The number of hydrogen-bond acceptors (Lipinski definition) is 3. The van der Waals surface area contributed by atoms with Gasteiger partial charge < -0.3 is 10.0 Å². The second-order valence-corrected chi connectivity index (χ2v) is 7.10. The fraction of sp³-hybridized carbons (Fsp3) is 0.611. The maximum Gasteiger partial charge on any atom is 0.416 e. The number of β-amino-alcohol motifs (C(OH)–C–C–N with tert-alkyl or cyclic N) is 1. The number of alkyl halides is 3. The van der Waals surface area contributed by atoms with Crippen molar-refractivity contribution in [3.63, 3.8) is 0 Å². The van der Waals surface area contributed by atoms with Gasteiger partial charge in [0.05, 0.1) is 17.7 Å². The normalized spacial score (nSPS) is 27.6. The van der Waals surface area contributed by atoms with Crippen molar-refractivity contribution in [3.8, 4) is 0 Å². The number of carbonyl (C=O) groups excluding carboxylic acids is 1. The van der Waals surface area contributed by atoms with Gasteiger partial charge in [0.15, 0.2) is 0 Å². The first kappa shape index (κ1) is 18.2. The molecule has 25 heavy (non-hydrogen) atoms. The molecule has 0 radical (unpaired) electrons. The largest absolute Gasteiger partial charge is 0.416 e. The van der Waals surface area contributed by atoms with Gasteiger partial charge in [-0.15, -0.1) is 0 Å². The summed E-state index contributed by atoms with van der Waals surface area (Å²) in [5.41, 5.74) is -0.322. The number of rotatable bonds is 4. The Hall–Kier alpha value is -1.60. The van der Waals surface area contributed by atoms with Crippen LogP contribution in [0.4, 0.5) is 13.2 Å². The van der Waals surface area contributed by atoms with Gasteiger partial charge in [-0.1, -0.05) is 12.1 Å². The second-order valence-electron chi connectivity index (χ2n) is 7.10. The highest BCUT2D eigenvalue weighted by Gasteiger charge is 2.51. The van der Waals surface area contributed by atoms with E-state index in [-0.39, 0.29) is 24.1 Å². The minimum Gasteiger partial charge on any atom is -0.395 e. The molecule has 1 amide bonds. The standard InChI is InChI=1S/C18H23F3N2O2/c1-17-8-9-22(10-11-24)15(17)6-7-16(25)23(17)12-13-2-4-14(5-3-13)18(19,20)21/h2-5,15,24H,6-12H2,1H3/t15-,17-/m0/s1. The number of aliphatic hydroxyl groups is 1. The van der Waals surface area contributed by atoms with Crippen LogP contribution < -0.4 is 0 Å². The van der Waals surface area contributed by atoms with Crippen LogP contribution in [0.15, 0.2) is 24.3 Å². The van der Waals surface area contributed by atoms with Gasteiger partial charge in [0.1, 0.15) is 0 Å². The third kappa shape index (κ3) is 3.40. The maximum atomic E-state index is 12.7. The molecule has 1 N–H and O–H groups in total. The van der Waals surface area contributed by atoms with Gasteiger partial charge >= 0.3 is 6.18 Å². The number of halogens is 3. The average molecular weight is 356 g/mol. The monoisotopic (exact) mass is 356 g/mol. The fourth-order valence-corrected chi connectivity index (χ4v) is 4.22. The van der Waals surface area contributed by atoms with E-state index in [0.717, 1.165) is 31.5 Å². The topological polar surface area (TPSA) is 43.8 Å². The lowest BCUT2D eigenvalue weighted by Crippen LogP contribution is -2.60. The van der Waals surface area contributed by atoms with Crippen LogP contribution in [0.1, 0.15) is 37.3 Å². The van der Waals surface area contributed by atoms with E-state index in [4.69, 9.17) is 0 Å². The number of nitrogens with zero attached hydrogens (tertiary/aromatic N) is 2. The highest BCUT2D eigenvalue weighted by atomic mass is 19.4. The molecule has 7 heteroatoms. The summed E-state index contributed by atoms with van der Waals surface area (Å²) >= 11 is 0. The summed E-state index contributed by atoms with van der Waals surface area (Å²) in [6, 6.07) is 5.21. The molecule has 0 aromatic heterocycles. The summed E-state index contributed by atoms with van der Waals surface area (Å²) in [7, 11) is 0. The van der Waals surface area contributed by atoms with Crippen molar-refractivity contribution >= 4 is 5.91 Å². The smallest absolute Gasteiger partial charge is 0.395 e. The van der Waals surface area contributed by atoms with Crippen LogP contribution in [0.2, 0.25) is 0 Å². The molecular weight excluding hydrogens is 333 g/mol. The van der Waals surface area contributed by atoms with Crippen LogP contribution in [-0.4, -0.2) is 52.1 Å². The number of carbonyl (C=O) groups is 1. The van der Waals surface area contributed by atoms with E-state index in [1.54, 1.807) is 0 Å². The molecule has 2 heterocycles. The van der Waals surface area contributed by atoms with E-state index in [9.17, 15) is 23.1 Å². The van der Waals surface area contributed by atoms with E-state index < -0.39 is 11.7 Å². The summed E-state index contributed by atoms with van der Waals surface area (Å²) in [5, 5.41) is 9.23. The van der Waals surface area contributed by atoms with Gasteiger partial charge in [-0.3, -0.25) is 9.69 Å². The maximum absolute atomic E-state index is 12.7. The van der Waals surface area contributed by atoms with E-state index in [1.165, 1.54) is 12.1 Å². The molecular formula is C18H23F3N2O2. The molecule has 138 valence electrons. The van der Waals surface area contributed by atoms with Crippen molar-refractivity contribution < 1.29 is 23.1 Å². The van der Waals surface area contributed by atoms with E-state index in [1.807, 2.05) is 4.90 Å². The minimum absolute atomic E-state index is 0.0458. The predicted octanol–water partition coefficient (Wildman–Crippen LogP) is 2.65. The Bertz CT molecular complexity index is 632. The first-order valence-corrected chi connectivity index (χ1v) is 8.57. The number of hydrogen-bond donors (Lipinski definition) is 1. The predicted molar refractivity (Wildman–Crippen MR) is 86.7 cm³/mol. The first-order chi connectivity index (χ1) is 11.8. The zero-order valence-electron chi connectivity index (χ0n) is 14.2. The Labute approximate surface area is 145 Å². The van der Waals surface area contributed by atoms with Gasteiger partial charge in [-0.05, 0) is 37.5 Å². The van der Waals surface area contributed by atoms with Crippen molar-refractivity contribution in [2.75, 3.05) is 19.7 Å². The molecule has 2 aliphatic heterocycles. The van der Waals surface area contributed by atoms with Crippen LogP contribution in [0.25, 0.3) is 0 Å². The Morgan fingerprint density at radius 1 is 1.28 bits per heavy atom. The number of aliphatic hydroxyl groups excluding tert-OH is 1. The Morgan fingerprint density at radius 3 is 2.56 bits per heavy atom. The van der Waals surface area contributed by atoms with Crippen molar-refractivity contribution in [2.45, 2.75) is 50.5 Å². The number of piperidine rings is 1. The molecule has 2 saturated heterocycles. The number of likely N-dealkylation sites (tertiary alicyclic amines) is 2. The van der Waals surface area contributed by atoms with Crippen LogP contribution in [0.3, 0.4) is 0 Å². The molecule has 2 atom stereocenters. The van der Waals surface area contributed by atoms with Gasteiger partial charge in [0.25, 0.3) is 0 Å². The van der Waals surface area contributed by atoms with E-state index >= 15 is 0 Å². The van der Waals surface area contributed by atoms with E-state index in [0.29, 0.717) is 25.1 Å². The molecule has 1 aromatic rings. The zero-order valence-corrected chi connectivity index (χ0v) is 14.2. The fourth-order valence-electron chi connectivity index (χ4n) is 4.22. The lowest BCUT2D eigenvalue weighted by atomic mass is 9.83. The lowest BCUT2D eigenvalue weighted by molar-refractivity contribution is -0.144. The lowest BCUT2D eigenvalue weighted by Gasteiger charge is -2.48. The second kappa shape index (κ2) is 6.61. The summed E-state index contributed by atoms with van der Waals surface area (Å²) < 4.78 is 38.1. The first-order valence-electron chi connectivity index (χ1n) is 8.57. The summed E-state index contributed by atoms with van der Waals surface area (Å²) in [6.45, 7) is 3.85. The summed E-state index contributed by atoms with van der Waals surface area (Å²) in [5.74, 6) is 0.0458. The highest BCUT2D eigenvalue weighted by molar-refractivity contribution is 5.78. The molecule has 3 rings (SSSR count). The van der Waals surface area contributed by atoms with Crippen LogP contribution in [0, 0.1) is 0 Å². The Balaban J connectivity index is 1.79. The third-order valence-electron chi connectivity index (χ3n) is 5.62. The molecule has 0 saturated carbocycles. The van der Waals surface area contributed by atoms with Crippen LogP contribution in [-0.2, 0) is 17.5 Å². The quantitative estimate of drug-likeness (QED) is 0.902. The highest BCUT2D eigenvalue weighted by Crippen LogP contribution is 2.41. The van der Waals surface area contributed by atoms with Crippen molar-refractivity contribution in [3.05, 3.63) is 35.4 Å². The molecule has 4 nitrogen and oxygen atoms in total. The average Bonchev–Trinajstić information content (AvgIpc) is 2.88. The van der Waals surface area contributed by atoms with Crippen LogP contribution >= 0.6 is 0 Å². The SMILES string of the molecule is C[C@]12CCN(CCO)[C@H]1CCC(=O)N2Cc1ccc(C(F)(F)F)cc1. The number of fused-ring (bicyclic) bond motifs is 1. The Morgan fingerprint density at radius 2 is 1.96 bits per heavy atom. The van der Waals surface area contributed by atoms with Crippen molar-refractivity contribution in [2.24, 2.45) is 0 Å². The summed E-state index contributed by atoms with van der Waals surface area (Å²) in [4.78, 5) is 16.6. The number of benzene rings is 1. The molecule has 1 aromatic carbocycles. The molecule has 0 bridgehead atoms. The Kier molecular flexibility index (Phi) is 4.81. The molecule has 2 aliphatic rings. The zero-order chi connectivity index (χ0) is 18.2. The molecule has 0 spiro atoms. The van der Waals surface area contributed by atoms with Crippen LogP contribution in [0.5, 0.6) is 0 Å². The molecule has 0 aliphatic carbocycles. The minimum atomic E-state index is -4.35. The van der Waals surface area contributed by atoms with Crippen molar-refractivity contribution in [1.82, 2.24) is 9.80 Å². The van der Waals surface area contributed by atoms with Gasteiger partial charge in [-0.2, -0.15) is 13.2 Å². The van der Waals surface area contributed by atoms with Gasteiger partial charge in [-0.25, -0.2) is 0 Å². The van der Waals surface area contributed by atoms with E-state index in [2.05, 4.69) is 11.8 Å². The molecule has 2 fully saturated rings. The third-order valence-corrected chi connectivity index (χ3v) is 5.62.